The first-order chi connectivity index (χ1) is 8.92. The van der Waals surface area contributed by atoms with Gasteiger partial charge in [0.1, 0.15) is 5.75 Å². The molecule has 2 aliphatic rings. The minimum Gasteiger partial charge on any atom is -0.493 e. The van der Waals surface area contributed by atoms with Gasteiger partial charge in [-0.1, -0.05) is 39.0 Å². The van der Waals surface area contributed by atoms with Crippen LogP contribution in [0.15, 0.2) is 18.2 Å². The summed E-state index contributed by atoms with van der Waals surface area (Å²) in [5.41, 5.74) is 1.74. The maximum Gasteiger partial charge on any atom is 0.128 e. The van der Waals surface area contributed by atoms with E-state index in [1.807, 2.05) is 0 Å². The molecule has 2 nitrogen and oxygen atoms in total. The van der Waals surface area contributed by atoms with Gasteiger partial charge in [-0.3, -0.25) is 0 Å². The fourth-order valence-corrected chi connectivity index (χ4v) is 4.06. The molecule has 1 aliphatic heterocycles. The van der Waals surface area contributed by atoms with Gasteiger partial charge in [-0.2, -0.15) is 0 Å². The Bertz CT molecular complexity index is 492. The molecule has 0 saturated heterocycles. The van der Waals surface area contributed by atoms with Crippen LogP contribution in [0.25, 0.3) is 0 Å². The quantitative estimate of drug-likeness (QED) is 0.835. The molecular weight excluding hydrogens is 236 g/mol. The average molecular weight is 260 g/mol. The van der Waals surface area contributed by atoms with Crippen molar-refractivity contribution >= 4 is 0 Å². The van der Waals surface area contributed by atoms with Crippen molar-refractivity contribution in [2.45, 2.75) is 52.1 Å². The van der Waals surface area contributed by atoms with Crippen molar-refractivity contribution in [3.63, 3.8) is 0 Å². The Kier molecular flexibility index (Phi) is 2.90. The second kappa shape index (κ2) is 4.24. The molecule has 0 amide bonds. The van der Waals surface area contributed by atoms with Crippen molar-refractivity contribution < 1.29 is 9.84 Å². The Balaban J connectivity index is 2.07. The molecule has 0 spiro atoms. The summed E-state index contributed by atoms with van der Waals surface area (Å²) in [4.78, 5) is 0. The van der Waals surface area contributed by atoms with E-state index >= 15 is 0 Å². The maximum atomic E-state index is 11.2. The highest BCUT2D eigenvalue weighted by Gasteiger charge is 2.50. The van der Waals surface area contributed by atoms with Crippen LogP contribution in [0.4, 0.5) is 0 Å². The summed E-state index contributed by atoms with van der Waals surface area (Å²) in [6.07, 6.45) is 4.03. The fourth-order valence-electron chi connectivity index (χ4n) is 4.06. The number of hydrogen-bond donors (Lipinski definition) is 1. The number of ether oxygens (including phenoxy) is 1. The molecule has 1 N–H and O–H groups in total. The Morgan fingerprint density at radius 2 is 2.11 bits per heavy atom. The summed E-state index contributed by atoms with van der Waals surface area (Å²) in [6.45, 7) is 7.43. The van der Waals surface area contributed by atoms with Crippen LogP contribution < -0.4 is 4.74 Å². The van der Waals surface area contributed by atoms with Gasteiger partial charge in [0.2, 0.25) is 0 Å². The molecule has 104 valence electrons. The number of fused-ring (bicyclic) bond motifs is 1. The van der Waals surface area contributed by atoms with Crippen molar-refractivity contribution in [3.8, 4) is 5.75 Å². The van der Waals surface area contributed by atoms with E-state index in [4.69, 9.17) is 4.74 Å². The van der Waals surface area contributed by atoms with Gasteiger partial charge in [-0.05, 0) is 42.6 Å². The highest BCUT2D eigenvalue weighted by atomic mass is 16.5. The predicted octanol–water partition coefficient (Wildman–Crippen LogP) is 3.66. The average Bonchev–Trinajstić information content (AvgIpc) is 2.58. The lowest BCUT2D eigenvalue weighted by atomic mass is 9.81. The second-order valence-corrected chi connectivity index (χ2v) is 7.12. The number of rotatable bonds is 1. The van der Waals surface area contributed by atoms with Crippen LogP contribution in [-0.4, -0.2) is 11.7 Å². The van der Waals surface area contributed by atoms with E-state index in [0.29, 0.717) is 0 Å². The van der Waals surface area contributed by atoms with Gasteiger partial charge in [0.25, 0.3) is 0 Å². The number of hydrogen-bond acceptors (Lipinski definition) is 2. The summed E-state index contributed by atoms with van der Waals surface area (Å²) < 4.78 is 5.89. The standard InChI is InChI=1S/C17H24O2/c1-12-10-16(2,3)11-17(12,18)14-8-4-6-13-7-5-9-19-15(13)14/h4,6,8,12,18H,5,7,9-11H2,1-3H3. The highest BCUT2D eigenvalue weighted by molar-refractivity contribution is 5.46. The molecule has 1 aromatic rings. The molecule has 1 saturated carbocycles. The Morgan fingerprint density at radius 1 is 1.32 bits per heavy atom. The first-order valence-electron chi connectivity index (χ1n) is 7.40. The van der Waals surface area contributed by atoms with E-state index in [9.17, 15) is 5.11 Å². The van der Waals surface area contributed by atoms with E-state index in [2.05, 4.69) is 39.0 Å². The lowest BCUT2D eigenvalue weighted by Gasteiger charge is -2.33. The van der Waals surface area contributed by atoms with Gasteiger partial charge in [0.05, 0.1) is 12.2 Å². The minimum atomic E-state index is -0.730. The molecule has 0 bridgehead atoms. The molecule has 1 fully saturated rings. The molecule has 3 rings (SSSR count). The number of aliphatic hydroxyl groups is 1. The maximum absolute atomic E-state index is 11.2. The minimum absolute atomic E-state index is 0.200. The molecule has 2 atom stereocenters. The molecule has 2 heteroatoms. The second-order valence-electron chi connectivity index (χ2n) is 7.12. The van der Waals surface area contributed by atoms with Crippen LogP contribution in [0.3, 0.4) is 0 Å². The zero-order valence-corrected chi connectivity index (χ0v) is 12.2. The molecular formula is C17H24O2. The number of para-hydroxylation sites is 1. The molecule has 2 unspecified atom stereocenters. The summed E-state index contributed by atoms with van der Waals surface area (Å²) in [7, 11) is 0. The summed E-state index contributed by atoms with van der Waals surface area (Å²) in [6, 6.07) is 6.26. The van der Waals surface area contributed by atoms with Crippen LogP contribution in [0.2, 0.25) is 0 Å². The zero-order chi connectivity index (χ0) is 13.7. The molecule has 0 aromatic heterocycles. The lowest BCUT2D eigenvalue weighted by Crippen LogP contribution is -2.30. The van der Waals surface area contributed by atoms with E-state index in [1.54, 1.807) is 0 Å². The third-order valence-electron chi connectivity index (χ3n) is 4.82. The van der Waals surface area contributed by atoms with Crippen LogP contribution in [0.1, 0.15) is 51.2 Å². The Morgan fingerprint density at radius 3 is 2.79 bits per heavy atom. The van der Waals surface area contributed by atoms with Gasteiger partial charge in [0, 0.05) is 5.56 Å². The number of aryl methyl sites for hydroxylation is 1. The van der Waals surface area contributed by atoms with Crippen molar-refractivity contribution in [1.29, 1.82) is 0 Å². The molecule has 1 aliphatic carbocycles. The Labute approximate surface area is 115 Å². The Hall–Kier alpha value is -1.02. The van der Waals surface area contributed by atoms with Crippen LogP contribution in [0, 0.1) is 11.3 Å². The highest BCUT2D eigenvalue weighted by Crippen LogP contribution is 2.54. The van der Waals surface area contributed by atoms with Crippen molar-refractivity contribution in [2.75, 3.05) is 6.61 Å². The molecule has 1 aromatic carbocycles. The third-order valence-corrected chi connectivity index (χ3v) is 4.82. The van der Waals surface area contributed by atoms with E-state index in [-0.39, 0.29) is 11.3 Å². The van der Waals surface area contributed by atoms with Crippen molar-refractivity contribution in [1.82, 2.24) is 0 Å². The van der Waals surface area contributed by atoms with E-state index in [0.717, 1.165) is 43.6 Å². The predicted molar refractivity (Wildman–Crippen MR) is 76.3 cm³/mol. The van der Waals surface area contributed by atoms with Gasteiger partial charge < -0.3 is 9.84 Å². The largest absolute Gasteiger partial charge is 0.493 e. The topological polar surface area (TPSA) is 29.5 Å². The summed E-state index contributed by atoms with van der Waals surface area (Å²) >= 11 is 0. The van der Waals surface area contributed by atoms with Gasteiger partial charge in [-0.15, -0.1) is 0 Å². The fraction of sp³-hybridized carbons (Fsp3) is 0.647. The molecule has 0 radical (unpaired) electrons. The van der Waals surface area contributed by atoms with Crippen LogP contribution in [0.5, 0.6) is 5.75 Å². The first kappa shape index (κ1) is 13.0. The zero-order valence-electron chi connectivity index (χ0n) is 12.2. The van der Waals surface area contributed by atoms with Crippen molar-refractivity contribution in [2.24, 2.45) is 11.3 Å². The first-order valence-corrected chi connectivity index (χ1v) is 7.40. The summed E-state index contributed by atoms with van der Waals surface area (Å²) in [5, 5.41) is 11.2. The van der Waals surface area contributed by atoms with Gasteiger partial charge in [-0.25, -0.2) is 0 Å². The summed E-state index contributed by atoms with van der Waals surface area (Å²) in [5.74, 6) is 1.24. The molecule has 1 heterocycles. The molecule has 19 heavy (non-hydrogen) atoms. The van der Waals surface area contributed by atoms with Gasteiger partial charge >= 0.3 is 0 Å². The van der Waals surface area contributed by atoms with E-state index < -0.39 is 5.60 Å². The normalized spacial score (nSPS) is 32.7. The number of benzene rings is 1. The van der Waals surface area contributed by atoms with E-state index in [1.165, 1.54) is 5.56 Å². The van der Waals surface area contributed by atoms with Crippen LogP contribution in [-0.2, 0) is 12.0 Å². The third kappa shape index (κ3) is 2.06. The lowest BCUT2D eigenvalue weighted by molar-refractivity contribution is -0.00377. The van der Waals surface area contributed by atoms with Gasteiger partial charge in [0.15, 0.2) is 0 Å². The van der Waals surface area contributed by atoms with Crippen molar-refractivity contribution in [3.05, 3.63) is 29.3 Å². The monoisotopic (exact) mass is 260 g/mol. The smallest absolute Gasteiger partial charge is 0.128 e. The van der Waals surface area contributed by atoms with Crippen LogP contribution >= 0.6 is 0 Å². The SMILES string of the molecule is CC1CC(C)(C)CC1(O)c1cccc2c1OCCC2.